The molecule has 1 aliphatic carbocycles. The topological polar surface area (TPSA) is 107 Å². The van der Waals surface area contributed by atoms with Gasteiger partial charge in [0.05, 0.1) is 50.4 Å². The van der Waals surface area contributed by atoms with E-state index in [1.165, 1.54) is 0 Å². The molecule has 2 aromatic rings. The molecular weight excluding hydrogens is 576 g/mol. The van der Waals surface area contributed by atoms with Crippen molar-refractivity contribution in [3.05, 3.63) is 53.6 Å². The Kier molecular flexibility index (Phi) is 8.28. The first-order chi connectivity index (χ1) is 17.5. The summed E-state index contributed by atoms with van der Waals surface area (Å²) in [6.45, 7) is -0.248. The van der Waals surface area contributed by atoms with Crippen molar-refractivity contribution in [2.45, 2.75) is 50.1 Å². The van der Waals surface area contributed by atoms with E-state index in [0.29, 0.717) is 22.6 Å². The van der Waals surface area contributed by atoms with Gasteiger partial charge in [-0.1, -0.05) is 40.0 Å². The molecule has 0 fully saturated rings. The molecule has 1 aromatic heterocycles. The Bertz CT molecular complexity index is 1270. The third kappa shape index (κ3) is 5.41. The first kappa shape index (κ1) is 28.0. The normalized spacial score (nSPS) is 20.0. The molecule has 2 unspecified atom stereocenters. The molecule has 37 heavy (non-hydrogen) atoms. The third-order valence-electron chi connectivity index (χ3n) is 6.20. The number of aliphatic hydroxyl groups is 1. The quantitative estimate of drug-likeness (QED) is 0.228. The Hall–Kier alpha value is -2.07. The standard InChI is InChI=1S/C23H20Cl3F3N4O3S/c24-14-7-11(8-15(25)18(14)26)22(23(27,28)29)9-16(33-36-22)19-12-3-1-2-4-13(12)20(37-19)21(35)32-10-17(34)31-6-5-30/h7-8,17,31,34H,1-4,6,9-10H2,(H,32,35). The SMILES string of the molecule is N#CCNC(O)CNC(=O)c1sc(C2=NOC(c3cc(Cl)c(Cl)c(Cl)c3)(C(F)(F)F)C2)c2c1CCCC2. The predicted octanol–water partition coefficient (Wildman–Crippen LogP) is 5.33. The highest BCUT2D eigenvalue weighted by Crippen LogP contribution is 2.51. The lowest BCUT2D eigenvalue weighted by Gasteiger charge is -2.30. The first-order valence-electron chi connectivity index (χ1n) is 11.2. The van der Waals surface area contributed by atoms with E-state index >= 15 is 0 Å². The van der Waals surface area contributed by atoms with E-state index in [-0.39, 0.29) is 39.4 Å². The van der Waals surface area contributed by atoms with Gasteiger partial charge < -0.3 is 15.3 Å². The van der Waals surface area contributed by atoms with E-state index in [2.05, 4.69) is 15.8 Å². The molecular formula is C23H20Cl3F3N4O3S. The minimum absolute atomic E-state index is 0.0671. The summed E-state index contributed by atoms with van der Waals surface area (Å²) in [7, 11) is 0. The Morgan fingerprint density at radius 1 is 1.24 bits per heavy atom. The van der Waals surface area contributed by atoms with Crippen LogP contribution < -0.4 is 10.6 Å². The van der Waals surface area contributed by atoms with E-state index in [1.807, 2.05) is 6.07 Å². The number of nitrogens with zero attached hydrogens (tertiary/aromatic N) is 2. The van der Waals surface area contributed by atoms with Crippen molar-refractivity contribution in [3.8, 4) is 6.07 Å². The number of halogens is 6. The van der Waals surface area contributed by atoms with Gasteiger partial charge in [0.15, 0.2) is 0 Å². The zero-order valence-electron chi connectivity index (χ0n) is 19.0. The summed E-state index contributed by atoms with van der Waals surface area (Å²) in [6.07, 6.45) is -3.83. The van der Waals surface area contributed by atoms with Crippen LogP contribution in [0, 0.1) is 11.3 Å². The van der Waals surface area contributed by atoms with Crippen molar-refractivity contribution in [2.24, 2.45) is 5.16 Å². The van der Waals surface area contributed by atoms with Crippen LogP contribution in [-0.2, 0) is 23.3 Å². The fourth-order valence-electron chi connectivity index (χ4n) is 4.37. The van der Waals surface area contributed by atoms with Gasteiger partial charge >= 0.3 is 6.18 Å². The van der Waals surface area contributed by atoms with Gasteiger partial charge in [0, 0.05) is 5.56 Å². The minimum Gasteiger partial charge on any atom is -0.377 e. The molecule has 0 saturated heterocycles. The van der Waals surface area contributed by atoms with Gasteiger partial charge in [0.25, 0.3) is 11.5 Å². The van der Waals surface area contributed by atoms with Crippen molar-refractivity contribution < 1.29 is 27.9 Å². The molecule has 14 heteroatoms. The second-order valence-electron chi connectivity index (χ2n) is 8.57. The molecule has 0 bridgehead atoms. The Balaban J connectivity index is 1.66. The van der Waals surface area contributed by atoms with E-state index in [9.17, 15) is 23.1 Å². The smallest absolute Gasteiger partial charge is 0.377 e. The predicted molar refractivity (Wildman–Crippen MR) is 134 cm³/mol. The van der Waals surface area contributed by atoms with Crippen LogP contribution in [0.15, 0.2) is 17.3 Å². The number of aliphatic hydroxyl groups excluding tert-OH is 1. The molecule has 1 aliphatic heterocycles. The maximum atomic E-state index is 14.5. The van der Waals surface area contributed by atoms with E-state index in [0.717, 1.165) is 47.4 Å². The highest BCUT2D eigenvalue weighted by atomic mass is 35.5. The number of benzene rings is 1. The van der Waals surface area contributed by atoms with Crippen molar-refractivity contribution in [1.29, 1.82) is 5.26 Å². The van der Waals surface area contributed by atoms with Gasteiger partial charge in [0.1, 0.15) is 11.9 Å². The number of amides is 1. The van der Waals surface area contributed by atoms with E-state index in [1.54, 1.807) is 0 Å². The van der Waals surface area contributed by atoms with Gasteiger partial charge in [-0.3, -0.25) is 10.1 Å². The van der Waals surface area contributed by atoms with Crippen LogP contribution in [-0.4, -0.2) is 42.2 Å². The zero-order chi connectivity index (χ0) is 27.0. The summed E-state index contributed by atoms with van der Waals surface area (Å²) in [5, 5.41) is 27.0. The number of carbonyl (C=O) groups is 1. The fourth-order valence-corrected chi connectivity index (χ4v) is 6.26. The number of rotatable bonds is 7. The molecule has 1 aromatic carbocycles. The average Bonchev–Trinajstić information content (AvgIpc) is 3.47. The van der Waals surface area contributed by atoms with Crippen molar-refractivity contribution >= 4 is 57.8 Å². The number of carbonyl (C=O) groups excluding carboxylic acids is 1. The molecule has 0 spiro atoms. The summed E-state index contributed by atoms with van der Waals surface area (Å²) in [5.74, 6) is -0.468. The molecule has 3 N–H and O–H groups in total. The van der Waals surface area contributed by atoms with Crippen LogP contribution in [0.25, 0.3) is 0 Å². The summed E-state index contributed by atoms with van der Waals surface area (Å²) >= 11 is 19.0. The Labute approximate surface area is 229 Å². The third-order valence-corrected chi connectivity index (χ3v) is 8.72. The summed E-state index contributed by atoms with van der Waals surface area (Å²) in [6, 6.07) is 3.95. The lowest BCUT2D eigenvalue weighted by Crippen LogP contribution is -2.42. The minimum atomic E-state index is -4.87. The van der Waals surface area contributed by atoms with Gasteiger partial charge in [-0.15, -0.1) is 11.3 Å². The largest absolute Gasteiger partial charge is 0.435 e. The molecule has 4 rings (SSSR count). The second kappa shape index (κ2) is 11.0. The highest BCUT2D eigenvalue weighted by Gasteiger charge is 2.62. The van der Waals surface area contributed by atoms with Crippen LogP contribution in [0.2, 0.25) is 15.1 Å². The summed E-state index contributed by atoms with van der Waals surface area (Å²) in [5.41, 5.74) is -1.56. The highest BCUT2D eigenvalue weighted by molar-refractivity contribution is 7.16. The van der Waals surface area contributed by atoms with Gasteiger partial charge in [0.2, 0.25) is 0 Å². The van der Waals surface area contributed by atoms with Crippen molar-refractivity contribution in [1.82, 2.24) is 10.6 Å². The number of oxime groups is 1. The number of alkyl halides is 3. The van der Waals surface area contributed by atoms with Gasteiger partial charge in [-0.05, 0) is 48.9 Å². The summed E-state index contributed by atoms with van der Waals surface area (Å²) in [4.78, 5) is 18.9. The fraction of sp³-hybridized carbons (Fsp3) is 0.435. The van der Waals surface area contributed by atoms with E-state index < -0.39 is 30.3 Å². The van der Waals surface area contributed by atoms with Crippen molar-refractivity contribution in [2.75, 3.05) is 13.1 Å². The Morgan fingerprint density at radius 2 is 1.89 bits per heavy atom. The molecule has 2 heterocycles. The van der Waals surface area contributed by atoms with Crippen LogP contribution in [0.3, 0.4) is 0 Å². The summed E-state index contributed by atoms with van der Waals surface area (Å²) < 4.78 is 43.4. The lowest BCUT2D eigenvalue weighted by molar-refractivity contribution is -0.275. The maximum Gasteiger partial charge on any atom is 0.435 e. The Morgan fingerprint density at radius 3 is 2.51 bits per heavy atom. The van der Waals surface area contributed by atoms with E-state index in [4.69, 9.17) is 44.9 Å². The molecule has 0 radical (unpaired) electrons. The molecule has 7 nitrogen and oxygen atoms in total. The molecule has 198 valence electrons. The second-order valence-corrected chi connectivity index (χ2v) is 10.8. The first-order valence-corrected chi connectivity index (χ1v) is 13.1. The number of nitriles is 1. The van der Waals surface area contributed by atoms with Crippen molar-refractivity contribution in [3.63, 3.8) is 0 Å². The average molecular weight is 596 g/mol. The van der Waals surface area contributed by atoms with Crippen LogP contribution in [0.1, 0.15) is 50.5 Å². The number of thiophene rings is 1. The number of hydrogen-bond acceptors (Lipinski definition) is 7. The van der Waals surface area contributed by atoms with Crippen LogP contribution in [0.5, 0.6) is 0 Å². The van der Waals surface area contributed by atoms with Gasteiger partial charge in [-0.2, -0.15) is 18.4 Å². The maximum absolute atomic E-state index is 14.5. The molecule has 1 amide bonds. The monoisotopic (exact) mass is 594 g/mol. The molecule has 0 saturated carbocycles. The van der Waals surface area contributed by atoms with Gasteiger partial charge in [-0.25, -0.2) is 0 Å². The molecule has 2 atom stereocenters. The van der Waals surface area contributed by atoms with Crippen LogP contribution >= 0.6 is 46.1 Å². The lowest BCUT2D eigenvalue weighted by atomic mass is 9.85. The molecule has 2 aliphatic rings. The number of fused-ring (bicyclic) bond motifs is 1. The number of nitrogens with one attached hydrogen (secondary N) is 2. The van der Waals surface area contributed by atoms with Crippen LogP contribution in [0.4, 0.5) is 13.2 Å². The number of hydrogen-bond donors (Lipinski definition) is 3. The zero-order valence-corrected chi connectivity index (χ0v) is 22.1.